The molecule has 1 unspecified atom stereocenters. The molecule has 1 aromatic carbocycles. The zero-order valence-electron chi connectivity index (χ0n) is 10.8. The van der Waals surface area contributed by atoms with Crippen LogP contribution in [0.1, 0.15) is 35.7 Å². The Bertz CT molecular complexity index is 429. The monoisotopic (exact) mass is 249 g/mol. The number of carboxylic acids is 1. The van der Waals surface area contributed by atoms with Gasteiger partial charge < -0.3 is 10.4 Å². The number of amides is 1. The Labute approximate surface area is 107 Å². The van der Waals surface area contributed by atoms with Crippen molar-refractivity contribution in [2.24, 2.45) is 5.92 Å². The van der Waals surface area contributed by atoms with Crippen LogP contribution < -0.4 is 5.32 Å². The molecule has 0 aliphatic heterocycles. The molecule has 0 bridgehead atoms. The summed E-state index contributed by atoms with van der Waals surface area (Å²) >= 11 is 0. The van der Waals surface area contributed by atoms with Gasteiger partial charge in [-0.05, 0) is 30.9 Å². The van der Waals surface area contributed by atoms with Gasteiger partial charge in [0.1, 0.15) is 0 Å². The zero-order valence-corrected chi connectivity index (χ0v) is 10.8. The van der Waals surface area contributed by atoms with Gasteiger partial charge in [-0.3, -0.25) is 9.59 Å². The molecule has 0 fully saturated rings. The minimum absolute atomic E-state index is 0.102. The summed E-state index contributed by atoms with van der Waals surface area (Å²) in [4.78, 5) is 22.3. The molecule has 0 aromatic heterocycles. The Morgan fingerprint density at radius 2 is 2.00 bits per heavy atom. The van der Waals surface area contributed by atoms with Crippen molar-refractivity contribution >= 4 is 11.9 Å². The lowest BCUT2D eigenvalue weighted by molar-refractivity contribution is -0.137. The molecule has 2 N–H and O–H groups in total. The average Bonchev–Trinajstić information content (AvgIpc) is 2.34. The van der Waals surface area contributed by atoms with Gasteiger partial charge in [0.25, 0.3) is 5.91 Å². The Hall–Kier alpha value is -1.84. The van der Waals surface area contributed by atoms with Gasteiger partial charge in [-0.15, -0.1) is 0 Å². The van der Waals surface area contributed by atoms with E-state index >= 15 is 0 Å². The number of hydrogen-bond acceptors (Lipinski definition) is 2. The molecule has 1 atom stereocenters. The first-order valence-electron chi connectivity index (χ1n) is 6.06. The first-order valence-corrected chi connectivity index (χ1v) is 6.06. The van der Waals surface area contributed by atoms with Crippen molar-refractivity contribution in [2.45, 2.75) is 26.7 Å². The summed E-state index contributed by atoms with van der Waals surface area (Å²) in [7, 11) is 0. The summed E-state index contributed by atoms with van der Waals surface area (Å²) in [5.74, 6) is -0.739. The van der Waals surface area contributed by atoms with Crippen molar-refractivity contribution in [1.82, 2.24) is 5.32 Å². The van der Waals surface area contributed by atoms with Crippen LogP contribution in [0.4, 0.5) is 0 Å². The van der Waals surface area contributed by atoms with Crippen LogP contribution >= 0.6 is 0 Å². The summed E-state index contributed by atoms with van der Waals surface area (Å²) in [6.07, 6.45) is 0.713. The molecule has 0 saturated carbocycles. The van der Waals surface area contributed by atoms with Crippen LogP contribution in [0.3, 0.4) is 0 Å². The van der Waals surface area contributed by atoms with Gasteiger partial charge in [-0.2, -0.15) is 0 Å². The van der Waals surface area contributed by atoms with Gasteiger partial charge in [0.15, 0.2) is 0 Å². The average molecular weight is 249 g/mol. The largest absolute Gasteiger partial charge is 0.481 e. The van der Waals surface area contributed by atoms with Gasteiger partial charge >= 0.3 is 5.97 Å². The number of rotatable bonds is 6. The number of benzene rings is 1. The quantitative estimate of drug-likeness (QED) is 0.812. The van der Waals surface area contributed by atoms with Crippen LogP contribution in [0.15, 0.2) is 24.3 Å². The highest BCUT2D eigenvalue weighted by atomic mass is 16.4. The van der Waals surface area contributed by atoms with Crippen LogP contribution in [0.2, 0.25) is 0 Å². The molecule has 18 heavy (non-hydrogen) atoms. The van der Waals surface area contributed by atoms with Gasteiger partial charge in [0.2, 0.25) is 0 Å². The lowest BCUT2D eigenvalue weighted by Crippen LogP contribution is -2.29. The lowest BCUT2D eigenvalue weighted by atomic mass is 10.0. The van der Waals surface area contributed by atoms with E-state index in [-0.39, 0.29) is 18.2 Å². The smallest absolute Gasteiger partial charge is 0.303 e. The van der Waals surface area contributed by atoms with E-state index in [1.54, 1.807) is 6.07 Å². The Morgan fingerprint density at radius 3 is 2.61 bits per heavy atom. The third-order valence-corrected chi connectivity index (χ3v) is 2.85. The maximum atomic E-state index is 11.9. The molecule has 1 aromatic rings. The maximum absolute atomic E-state index is 11.9. The van der Waals surface area contributed by atoms with E-state index in [2.05, 4.69) is 5.32 Å². The first kappa shape index (κ1) is 14.2. The molecule has 98 valence electrons. The van der Waals surface area contributed by atoms with E-state index in [1.165, 1.54) is 0 Å². The summed E-state index contributed by atoms with van der Waals surface area (Å²) in [6, 6.07) is 7.40. The number of carbonyl (C=O) groups is 2. The van der Waals surface area contributed by atoms with Gasteiger partial charge in [0.05, 0.1) is 0 Å². The molecule has 1 amide bonds. The SMILES string of the molecule is Cc1ccccc1C(=O)NCC(C)CCC(=O)O. The molecule has 4 heteroatoms. The van der Waals surface area contributed by atoms with Crippen molar-refractivity contribution in [3.05, 3.63) is 35.4 Å². The number of hydrogen-bond donors (Lipinski definition) is 2. The normalized spacial score (nSPS) is 11.9. The molecule has 0 aliphatic rings. The van der Waals surface area contributed by atoms with Crippen LogP contribution in [-0.4, -0.2) is 23.5 Å². The van der Waals surface area contributed by atoms with Crippen molar-refractivity contribution in [3.8, 4) is 0 Å². The molecule has 0 heterocycles. The van der Waals surface area contributed by atoms with E-state index in [9.17, 15) is 9.59 Å². The topological polar surface area (TPSA) is 66.4 Å². The summed E-state index contributed by atoms with van der Waals surface area (Å²) in [6.45, 7) is 4.32. The molecular weight excluding hydrogens is 230 g/mol. The Morgan fingerprint density at radius 1 is 1.33 bits per heavy atom. The fourth-order valence-corrected chi connectivity index (χ4v) is 1.66. The van der Waals surface area contributed by atoms with Crippen LogP contribution in [0, 0.1) is 12.8 Å². The standard InChI is InChI=1S/C14H19NO3/c1-10(7-8-13(16)17)9-15-14(18)12-6-4-3-5-11(12)2/h3-6,10H,7-9H2,1-2H3,(H,15,18)(H,16,17). The molecule has 0 spiro atoms. The van der Waals surface area contributed by atoms with Gasteiger partial charge in [-0.1, -0.05) is 25.1 Å². The second kappa shape index (κ2) is 6.79. The molecule has 0 saturated heterocycles. The predicted octanol–water partition coefficient (Wildman–Crippen LogP) is 2.23. The van der Waals surface area contributed by atoms with E-state index < -0.39 is 5.97 Å². The minimum Gasteiger partial charge on any atom is -0.481 e. The molecular formula is C14H19NO3. The third kappa shape index (κ3) is 4.57. The van der Waals surface area contributed by atoms with Crippen molar-refractivity contribution in [2.75, 3.05) is 6.54 Å². The fourth-order valence-electron chi connectivity index (χ4n) is 1.66. The summed E-state index contributed by atoms with van der Waals surface area (Å²) in [5, 5.41) is 11.4. The minimum atomic E-state index is -0.799. The third-order valence-electron chi connectivity index (χ3n) is 2.85. The second-order valence-corrected chi connectivity index (χ2v) is 4.56. The van der Waals surface area contributed by atoms with Crippen LogP contribution in [0.5, 0.6) is 0 Å². The summed E-state index contributed by atoms with van der Waals surface area (Å²) in [5.41, 5.74) is 1.61. The maximum Gasteiger partial charge on any atom is 0.303 e. The molecule has 1 rings (SSSR count). The Balaban J connectivity index is 2.42. The molecule has 4 nitrogen and oxygen atoms in total. The predicted molar refractivity (Wildman–Crippen MR) is 69.5 cm³/mol. The number of nitrogens with one attached hydrogen (secondary N) is 1. The highest BCUT2D eigenvalue weighted by molar-refractivity contribution is 5.95. The highest BCUT2D eigenvalue weighted by Crippen LogP contribution is 2.08. The van der Waals surface area contributed by atoms with Crippen molar-refractivity contribution in [3.63, 3.8) is 0 Å². The first-order chi connectivity index (χ1) is 8.50. The van der Waals surface area contributed by atoms with E-state index in [0.717, 1.165) is 5.56 Å². The second-order valence-electron chi connectivity index (χ2n) is 4.56. The van der Waals surface area contributed by atoms with Crippen LogP contribution in [0.25, 0.3) is 0 Å². The van der Waals surface area contributed by atoms with E-state index in [0.29, 0.717) is 18.5 Å². The Kier molecular flexibility index (Phi) is 5.36. The van der Waals surface area contributed by atoms with Crippen LogP contribution in [-0.2, 0) is 4.79 Å². The molecule has 0 radical (unpaired) electrons. The van der Waals surface area contributed by atoms with Crippen molar-refractivity contribution < 1.29 is 14.7 Å². The fraction of sp³-hybridized carbons (Fsp3) is 0.429. The number of aryl methyl sites for hydroxylation is 1. The number of carboxylic acid groups (broad SMARTS) is 1. The number of carbonyl (C=O) groups excluding carboxylic acids is 1. The summed E-state index contributed by atoms with van der Waals surface area (Å²) < 4.78 is 0. The molecule has 0 aliphatic carbocycles. The van der Waals surface area contributed by atoms with E-state index in [4.69, 9.17) is 5.11 Å². The number of aliphatic carboxylic acids is 1. The van der Waals surface area contributed by atoms with Gasteiger partial charge in [0, 0.05) is 18.5 Å². The zero-order chi connectivity index (χ0) is 13.5. The van der Waals surface area contributed by atoms with Gasteiger partial charge in [-0.25, -0.2) is 0 Å². The lowest BCUT2D eigenvalue weighted by Gasteiger charge is -2.12. The van der Waals surface area contributed by atoms with E-state index in [1.807, 2.05) is 32.0 Å². The highest BCUT2D eigenvalue weighted by Gasteiger charge is 2.10. The van der Waals surface area contributed by atoms with Crippen molar-refractivity contribution in [1.29, 1.82) is 0 Å².